The number of urea groups is 1. The number of likely N-dealkylation sites (N-methyl/N-ethyl adjacent to an activating group) is 1. The van der Waals surface area contributed by atoms with Crippen LogP contribution in [-0.4, -0.2) is 114 Å². The van der Waals surface area contributed by atoms with Gasteiger partial charge in [-0.15, -0.1) is 22.9 Å². The lowest BCUT2D eigenvalue weighted by Gasteiger charge is -2.39. The van der Waals surface area contributed by atoms with Crippen molar-refractivity contribution in [1.29, 1.82) is 0 Å². The number of likely N-dealkylation sites (tertiary alicyclic amines) is 2. The van der Waals surface area contributed by atoms with Crippen molar-refractivity contribution in [3.8, 4) is 0 Å². The van der Waals surface area contributed by atoms with Crippen LogP contribution in [-0.2, 0) is 36.8 Å². The molecule has 0 spiro atoms. The molecule has 296 valence electrons. The first-order chi connectivity index (χ1) is 26.6. The third kappa shape index (κ3) is 11.2. The van der Waals surface area contributed by atoms with Gasteiger partial charge in [0.2, 0.25) is 29.5 Å². The van der Waals surface area contributed by atoms with Crippen molar-refractivity contribution in [2.75, 3.05) is 39.1 Å². The molecule has 0 bridgehead atoms. The van der Waals surface area contributed by atoms with Gasteiger partial charge in [0, 0.05) is 50.8 Å². The third-order valence-corrected chi connectivity index (χ3v) is 11.7. The Kier molecular flexibility index (Phi) is 15.3. The monoisotopic (exact) mass is 793 g/mol. The number of fused-ring (bicyclic) bond motifs is 1. The number of carbonyl (C=O) groups excluding carboxylic acids is 6. The first-order valence-corrected chi connectivity index (χ1v) is 20.5. The molecule has 0 aliphatic carbocycles. The number of rotatable bonds is 16. The lowest BCUT2D eigenvalue weighted by atomic mass is 9.96. The van der Waals surface area contributed by atoms with Crippen molar-refractivity contribution in [1.82, 2.24) is 30.7 Å². The average molecular weight is 794 g/mol. The number of alkyl halides is 1. The van der Waals surface area contributed by atoms with Gasteiger partial charge in [-0.1, -0.05) is 48.5 Å². The zero-order chi connectivity index (χ0) is 39.3. The number of carbonyl (C=O) groups is 6. The molecule has 55 heavy (non-hydrogen) atoms. The number of benzene rings is 2. The van der Waals surface area contributed by atoms with Gasteiger partial charge in [-0.25, -0.2) is 4.79 Å². The first-order valence-electron chi connectivity index (χ1n) is 19.1. The molecule has 3 heterocycles. The number of nitrogens with zero attached hydrogens (tertiary/aromatic N) is 3. The van der Waals surface area contributed by atoms with Crippen molar-refractivity contribution >= 4 is 68.6 Å². The van der Waals surface area contributed by atoms with Crippen molar-refractivity contribution in [3.05, 3.63) is 71.1 Å². The summed E-state index contributed by atoms with van der Waals surface area (Å²) in [6.07, 6.45) is 5.56. The Balaban J connectivity index is 1.40. The van der Waals surface area contributed by atoms with Gasteiger partial charge >= 0.3 is 6.03 Å². The second-order valence-electron chi connectivity index (χ2n) is 14.3. The van der Waals surface area contributed by atoms with Gasteiger partial charge in [-0.2, -0.15) is 0 Å². The minimum atomic E-state index is -1.08. The summed E-state index contributed by atoms with van der Waals surface area (Å²) in [7, 11) is 1.55. The van der Waals surface area contributed by atoms with Crippen LogP contribution in [0.3, 0.4) is 0 Å². The Labute approximate surface area is 331 Å². The maximum atomic E-state index is 14.4. The molecular weight excluding hydrogens is 742 g/mol. The highest BCUT2D eigenvalue weighted by molar-refractivity contribution is 7.17. The normalized spacial score (nSPS) is 17.5. The highest BCUT2D eigenvalue weighted by Gasteiger charge is 2.39. The molecule has 0 unspecified atom stereocenters. The summed E-state index contributed by atoms with van der Waals surface area (Å²) in [5.41, 5.74) is 6.97. The predicted molar refractivity (Wildman–Crippen MR) is 213 cm³/mol. The molecule has 13 nitrogen and oxygen atoms in total. The number of amides is 7. The van der Waals surface area contributed by atoms with E-state index in [9.17, 15) is 28.8 Å². The molecule has 4 atom stereocenters. The molecule has 5 rings (SSSR count). The standard InChI is InChI=1S/C40H52ClN7O6S/c1-46(35(49)25-41)33(23-27-13-4-2-5-14-27)39(53)48-22-11-8-17-32(48)37(51)45-31(24-28-26-55-34-18-7-6-15-29(28)34)36(50)44-30(16-12-19-43-40(42)54)38(52)47-20-9-3-10-21-47/h2,4-7,13-15,18,26,30-33H,3,8-12,16-17,19-25H2,1H3,(H,44,50)(H,45,51)(H3,42,43,54)/t30-,31-,32-,33-/m0/s1. The SMILES string of the molecule is CN(C(=O)CCl)[C@@H](Cc1ccccc1)C(=O)N1CCCC[C@H]1C(=O)N[C@@H](Cc1csc2ccccc12)C(=O)N[C@@H](CCCNC(N)=O)C(=O)N1CCCCC1. The Morgan fingerprint density at radius 1 is 0.873 bits per heavy atom. The minimum absolute atomic E-state index is 0.152. The summed E-state index contributed by atoms with van der Waals surface area (Å²) < 4.78 is 1.03. The molecule has 1 aromatic heterocycles. The number of hydrogen-bond donors (Lipinski definition) is 4. The van der Waals surface area contributed by atoms with E-state index in [1.165, 1.54) is 21.1 Å². The molecule has 7 amide bonds. The van der Waals surface area contributed by atoms with Crippen molar-refractivity contribution in [3.63, 3.8) is 0 Å². The lowest BCUT2D eigenvalue weighted by molar-refractivity contribution is -0.150. The summed E-state index contributed by atoms with van der Waals surface area (Å²) in [6, 6.07) is 12.8. The van der Waals surface area contributed by atoms with Crippen molar-refractivity contribution in [2.45, 2.75) is 88.4 Å². The van der Waals surface area contributed by atoms with Gasteiger partial charge in [-0.3, -0.25) is 24.0 Å². The zero-order valence-corrected chi connectivity index (χ0v) is 32.9. The summed E-state index contributed by atoms with van der Waals surface area (Å²) in [6.45, 7) is 1.73. The van der Waals surface area contributed by atoms with E-state index in [1.54, 1.807) is 11.9 Å². The molecular formula is C40H52ClN7O6S. The Morgan fingerprint density at radius 3 is 2.31 bits per heavy atom. The number of nitrogens with one attached hydrogen (secondary N) is 3. The Morgan fingerprint density at radius 2 is 1.58 bits per heavy atom. The maximum absolute atomic E-state index is 14.4. The number of hydrogen-bond acceptors (Lipinski definition) is 7. The van der Waals surface area contributed by atoms with E-state index >= 15 is 0 Å². The number of piperidine rings is 2. The van der Waals surface area contributed by atoms with E-state index in [2.05, 4.69) is 16.0 Å². The van der Waals surface area contributed by atoms with Crippen molar-refractivity contribution < 1.29 is 28.8 Å². The first kappa shape index (κ1) is 41.5. The molecule has 5 N–H and O–H groups in total. The Hall–Kier alpha value is -4.69. The van der Waals surface area contributed by atoms with Gasteiger partial charge in [-0.05, 0) is 79.3 Å². The molecule has 3 aromatic rings. The average Bonchev–Trinajstić information content (AvgIpc) is 3.62. The topological polar surface area (TPSA) is 174 Å². The second-order valence-corrected chi connectivity index (χ2v) is 15.5. The summed E-state index contributed by atoms with van der Waals surface area (Å²) in [4.78, 5) is 85.7. The summed E-state index contributed by atoms with van der Waals surface area (Å²) in [5, 5.41) is 11.4. The van der Waals surface area contributed by atoms with Gasteiger partial charge in [0.05, 0.1) is 0 Å². The molecule has 2 aliphatic rings. The quantitative estimate of drug-likeness (QED) is 0.128. The van der Waals surface area contributed by atoms with E-state index in [4.69, 9.17) is 17.3 Å². The van der Waals surface area contributed by atoms with Crippen LogP contribution in [0, 0.1) is 0 Å². The highest BCUT2D eigenvalue weighted by Crippen LogP contribution is 2.27. The minimum Gasteiger partial charge on any atom is -0.352 e. The molecule has 2 aromatic carbocycles. The molecule has 0 saturated carbocycles. The molecule has 15 heteroatoms. The number of thiophene rings is 1. The van der Waals surface area contributed by atoms with E-state index in [0.29, 0.717) is 45.3 Å². The fraction of sp³-hybridized carbons (Fsp3) is 0.500. The third-order valence-electron chi connectivity index (χ3n) is 10.5. The van der Waals surface area contributed by atoms with Crippen LogP contribution in [0.2, 0.25) is 0 Å². The Bertz CT molecular complexity index is 1800. The largest absolute Gasteiger partial charge is 0.352 e. The molecule has 2 aliphatic heterocycles. The fourth-order valence-electron chi connectivity index (χ4n) is 7.42. The van der Waals surface area contributed by atoms with Gasteiger partial charge in [0.1, 0.15) is 30.0 Å². The highest BCUT2D eigenvalue weighted by atomic mass is 35.5. The van der Waals surface area contributed by atoms with Gasteiger partial charge in [0.25, 0.3) is 0 Å². The maximum Gasteiger partial charge on any atom is 0.312 e. The van der Waals surface area contributed by atoms with Crippen molar-refractivity contribution in [2.24, 2.45) is 5.73 Å². The van der Waals surface area contributed by atoms with Gasteiger partial charge < -0.3 is 36.4 Å². The van der Waals surface area contributed by atoms with Crippen LogP contribution in [0.25, 0.3) is 10.1 Å². The summed E-state index contributed by atoms with van der Waals surface area (Å²) >= 11 is 7.47. The lowest BCUT2D eigenvalue weighted by Crippen LogP contribution is -2.61. The predicted octanol–water partition coefficient (Wildman–Crippen LogP) is 3.56. The molecule has 2 fully saturated rings. The zero-order valence-electron chi connectivity index (χ0n) is 31.3. The fourth-order valence-corrected chi connectivity index (χ4v) is 8.59. The number of nitrogens with two attached hydrogens (primary N) is 1. The van der Waals surface area contributed by atoms with E-state index in [1.807, 2.05) is 60.0 Å². The smallest absolute Gasteiger partial charge is 0.312 e. The van der Waals surface area contributed by atoms with Crippen LogP contribution < -0.4 is 21.7 Å². The summed E-state index contributed by atoms with van der Waals surface area (Å²) in [5.74, 6) is -2.29. The van der Waals surface area contributed by atoms with E-state index in [0.717, 1.165) is 40.5 Å². The van der Waals surface area contributed by atoms with Crippen LogP contribution >= 0.6 is 22.9 Å². The van der Waals surface area contributed by atoms with Crippen LogP contribution in [0.15, 0.2) is 60.0 Å². The van der Waals surface area contributed by atoms with Crippen LogP contribution in [0.5, 0.6) is 0 Å². The molecule has 0 radical (unpaired) electrons. The van der Waals surface area contributed by atoms with Gasteiger partial charge in [0.15, 0.2) is 0 Å². The number of halogens is 1. The number of primary amides is 1. The van der Waals surface area contributed by atoms with Crippen LogP contribution in [0.4, 0.5) is 4.79 Å². The van der Waals surface area contributed by atoms with E-state index in [-0.39, 0.29) is 43.5 Å². The molecule has 2 saturated heterocycles. The van der Waals surface area contributed by atoms with Crippen LogP contribution in [0.1, 0.15) is 62.5 Å². The van der Waals surface area contributed by atoms with E-state index < -0.39 is 47.9 Å². The second kappa shape index (κ2) is 20.3.